The fourth-order valence-corrected chi connectivity index (χ4v) is 2.14. The lowest BCUT2D eigenvalue weighted by molar-refractivity contribution is -0.131. The molecule has 1 heterocycles. The van der Waals surface area contributed by atoms with Crippen LogP contribution in [0.1, 0.15) is 22.3 Å². The number of halogens is 1. The van der Waals surface area contributed by atoms with Crippen molar-refractivity contribution in [3.63, 3.8) is 0 Å². The van der Waals surface area contributed by atoms with Crippen LogP contribution < -0.4 is 9.47 Å². The van der Waals surface area contributed by atoms with E-state index in [1.807, 2.05) is 0 Å². The first-order chi connectivity index (χ1) is 8.52. The molecular formula is C12H11ClO5. The Labute approximate surface area is 108 Å². The maximum Gasteiger partial charge on any atom is 0.377 e. The summed E-state index contributed by atoms with van der Waals surface area (Å²) in [6, 6.07) is 1.42. The van der Waals surface area contributed by atoms with Gasteiger partial charge in [0.2, 0.25) is 0 Å². The van der Waals surface area contributed by atoms with Crippen molar-refractivity contribution in [1.82, 2.24) is 0 Å². The first-order valence-corrected chi connectivity index (χ1v) is 5.76. The topological polar surface area (TPSA) is 72.8 Å². The second-order valence-corrected chi connectivity index (χ2v) is 4.28. The molecule has 0 unspecified atom stereocenters. The fourth-order valence-electron chi connectivity index (χ4n) is 1.82. The highest BCUT2D eigenvalue weighted by molar-refractivity contribution is 6.45. The van der Waals surface area contributed by atoms with E-state index >= 15 is 0 Å². The molecule has 0 atom stereocenters. The molecule has 6 heteroatoms. The van der Waals surface area contributed by atoms with Crippen molar-refractivity contribution in [1.29, 1.82) is 0 Å². The van der Waals surface area contributed by atoms with Gasteiger partial charge in [0.15, 0.2) is 11.5 Å². The number of rotatable bonds is 2. The van der Waals surface area contributed by atoms with Crippen LogP contribution in [0.25, 0.3) is 0 Å². The van der Waals surface area contributed by atoms with Gasteiger partial charge in [-0.1, -0.05) is 11.6 Å². The number of carbonyl (C=O) groups is 2. The number of benzene rings is 1. The van der Waals surface area contributed by atoms with Gasteiger partial charge in [0, 0.05) is 18.1 Å². The van der Waals surface area contributed by atoms with Gasteiger partial charge in [0.05, 0.1) is 23.8 Å². The molecule has 5 nitrogen and oxygen atoms in total. The van der Waals surface area contributed by atoms with E-state index in [2.05, 4.69) is 0 Å². The highest BCUT2D eigenvalue weighted by Crippen LogP contribution is 2.39. The molecule has 0 spiro atoms. The van der Waals surface area contributed by atoms with Gasteiger partial charge in [-0.05, 0) is 6.92 Å². The minimum Gasteiger partial charge on any atom is -0.489 e. The summed E-state index contributed by atoms with van der Waals surface area (Å²) in [5, 5.41) is 8.82. The van der Waals surface area contributed by atoms with Crippen molar-refractivity contribution in [2.24, 2.45) is 0 Å². The molecule has 0 amide bonds. The van der Waals surface area contributed by atoms with Crippen molar-refractivity contribution < 1.29 is 24.2 Å². The maximum absolute atomic E-state index is 11.6. The van der Waals surface area contributed by atoms with Crippen molar-refractivity contribution in [3.05, 3.63) is 22.2 Å². The highest BCUT2D eigenvalue weighted by Gasteiger charge is 2.26. The Morgan fingerprint density at radius 1 is 1.33 bits per heavy atom. The number of aliphatic carboxylic acids is 1. The Bertz CT molecular complexity index is 524. The number of fused-ring (bicyclic) bond motifs is 1. The zero-order valence-electron chi connectivity index (χ0n) is 9.66. The Morgan fingerprint density at radius 3 is 2.67 bits per heavy atom. The van der Waals surface area contributed by atoms with Crippen molar-refractivity contribution >= 4 is 23.4 Å². The van der Waals surface area contributed by atoms with Crippen molar-refractivity contribution in [3.8, 4) is 11.5 Å². The van der Waals surface area contributed by atoms with Gasteiger partial charge in [0.25, 0.3) is 5.78 Å². The minimum absolute atomic E-state index is 0.0478. The zero-order valence-corrected chi connectivity index (χ0v) is 10.4. The van der Waals surface area contributed by atoms with Crippen LogP contribution >= 0.6 is 11.6 Å². The second kappa shape index (κ2) is 4.86. The van der Waals surface area contributed by atoms with Gasteiger partial charge in [-0.25, -0.2) is 4.79 Å². The number of carbonyl (C=O) groups excluding carboxylic acids is 1. The van der Waals surface area contributed by atoms with Gasteiger partial charge >= 0.3 is 5.97 Å². The number of carboxylic acids is 1. The predicted molar refractivity (Wildman–Crippen MR) is 63.8 cm³/mol. The van der Waals surface area contributed by atoms with E-state index in [1.54, 1.807) is 6.92 Å². The number of Topliss-reactive ketones (excluding diaryl/α,β-unsaturated/α-hetero) is 1. The third-order valence-electron chi connectivity index (χ3n) is 2.65. The van der Waals surface area contributed by atoms with Crippen LogP contribution in [0.15, 0.2) is 6.07 Å². The summed E-state index contributed by atoms with van der Waals surface area (Å²) < 4.78 is 10.9. The molecule has 1 aliphatic rings. The first kappa shape index (κ1) is 12.7. The van der Waals surface area contributed by atoms with Crippen LogP contribution in [0.2, 0.25) is 5.02 Å². The fraction of sp³-hybridized carbons (Fsp3) is 0.333. The predicted octanol–water partition coefficient (Wildman–Crippen LogP) is 2.08. The third kappa shape index (κ3) is 2.13. The zero-order chi connectivity index (χ0) is 13.3. The molecule has 1 aromatic rings. The van der Waals surface area contributed by atoms with Gasteiger partial charge in [0.1, 0.15) is 0 Å². The van der Waals surface area contributed by atoms with E-state index in [-0.39, 0.29) is 10.6 Å². The molecule has 0 radical (unpaired) electrons. The minimum atomic E-state index is -1.55. The summed E-state index contributed by atoms with van der Waals surface area (Å²) >= 11 is 5.94. The lowest BCUT2D eigenvalue weighted by atomic mass is 10.0. The SMILES string of the molecule is Cc1c2c(cc(Cl)c1C(=O)C(=O)O)OCCCO2. The summed E-state index contributed by atoms with van der Waals surface area (Å²) in [4.78, 5) is 22.3. The quantitative estimate of drug-likeness (QED) is 0.658. The average Bonchev–Trinajstić information content (AvgIpc) is 2.54. The molecule has 1 aromatic carbocycles. The lowest BCUT2D eigenvalue weighted by Crippen LogP contribution is -2.15. The lowest BCUT2D eigenvalue weighted by Gasteiger charge is -2.14. The van der Waals surface area contributed by atoms with Crippen molar-refractivity contribution in [2.75, 3.05) is 13.2 Å². The normalized spacial score (nSPS) is 13.9. The van der Waals surface area contributed by atoms with Crippen LogP contribution in [0.3, 0.4) is 0 Å². The molecule has 1 N–H and O–H groups in total. The first-order valence-electron chi connectivity index (χ1n) is 5.38. The van der Waals surface area contributed by atoms with Crippen LogP contribution in [-0.4, -0.2) is 30.1 Å². The summed E-state index contributed by atoms with van der Waals surface area (Å²) in [7, 11) is 0. The number of hydrogen-bond donors (Lipinski definition) is 1. The van der Waals surface area contributed by atoms with Crippen LogP contribution in [0.4, 0.5) is 0 Å². The Kier molecular flexibility index (Phi) is 3.43. The molecule has 0 aromatic heterocycles. The Balaban J connectivity index is 2.59. The molecule has 0 saturated heterocycles. The summed E-state index contributed by atoms with van der Waals surface area (Å²) in [5.74, 6) is -1.76. The van der Waals surface area contributed by atoms with Gasteiger partial charge in [-0.15, -0.1) is 0 Å². The van der Waals surface area contributed by atoms with Gasteiger partial charge in [-0.2, -0.15) is 0 Å². The molecule has 0 fully saturated rings. The molecule has 0 aliphatic carbocycles. The van der Waals surface area contributed by atoms with E-state index < -0.39 is 11.8 Å². The summed E-state index contributed by atoms with van der Waals surface area (Å²) in [5.41, 5.74) is 0.347. The largest absolute Gasteiger partial charge is 0.489 e. The molecule has 2 rings (SSSR count). The van der Waals surface area contributed by atoms with Crippen LogP contribution in [0.5, 0.6) is 11.5 Å². The standard InChI is InChI=1S/C12H11ClO5/c1-6-9(10(14)12(15)16)7(13)5-8-11(6)18-4-2-3-17-8/h5H,2-4H2,1H3,(H,15,16). The van der Waals surface area contributed by atoms with Crippen LogP contribution in [-0.2, 0) is 4.79 Å². The van der Waals surface area contributed by atoms with Crippen LogP contribution in [0, 0.1) is 6.92 Å². The molecule has 0 saturated carbocycles. The van der Waals surface area contributed by atoms with Gasteiger partial charge < -0.3 is 14.6 Å². The van der Waals surface area contributed by atoms with Gasteiger partial charge in [-0.3, -0.25) is 4.79 Å². The van der Waals surface area contributed by atoms with E-state index in [0.717, 1.165) is 0 Å². The van der Waals surface area contributed by atoms with E-state index in [0.29, 0.717) is 36.7 Å². The second-order valence-electron chi connectivity index (χ2n) is 3.87. The Hall–Kier alpha value is -1.75. The molecule has 96 valence electrons. The number of ketones is 1. The smallest absolute Gasteiger partial charge is 0.377 e. The number of carboxylic acid groups (broad SMARTS) is 1. The summed E-state index contributed by atoms with van der Waals surface area (Å²) in [6.45, 7) is 2.54. The molecule has 18 heavy (non-hydrogen) atoms. The maximum atomic E-state index is 11.6. The third-order valence-corrected chi connectivity index (χ3v) is 2.95. The van der Waals surface area contributed by atoms with E-state index in [9.17, 15) is 9.59 Å². The average molecular weight is 271 g/mol. The molecular weight excluding hydrogens is 260 g/mol. The number of ether oxygens (including phenoxy) is 2. The molecule has 1 aliphatic heterocycles. The monoisotopic (exact) mass is 270 g/mol. The number of hydrogen-bond acceptors (Lipinski definition) is 4. The Morgan fingerprint density at radius 2 is 2.00 bits per heavy atom. The molecule has 0 bridgehead atoms. The summed E-state index contributed by atoms with van der Waals surface area (Å²) in [6.07, 6.45) is 0.716. The highest BCUT2D eigenvalue weighted by atomic mass is 35.5. The van der Waals surface area contributed by atoms with E-state index in [4.69, 9.17) is 26.2 Å². The van der Waals surface area contributed by atoms with E-state index in [1.165, 1.54) is 6.07 Å². The van der Waals surface area contributed by atoms with Crippen molar-refractivity contribution in [2.45, 2.75) is 13.3 Å².